The van der Waals surface area contributed by atoms with Gasteiger partial charge >= 0.3 is 0 Å². The molecule has 2 amide bonds. The first kappa shape index (κ1) is 30.1. The van der Waals surface area contributed by atoms with Gasteiger partial charge in [0.25, 0.3) is 11.8 Å². The molecule has 0 N–H and O–H groups in total. The minimum absolute atomic E-state index is 0.110. The second kappa shape index (κ2) is 13.7. The summed E-state index contributed by atoms with van der Waals surface area (Å²) in [5, 5.41) is 6.04. The van der Waals surface area contributed by atoms with E-state index in [0.717, 1.165) is 0 Å². The maximum atomic E-state index is 14.7. The van der Waals surface area contributed by atoms with E-state index in [-0.39, 0.29) is 18.7 Å². The van der Waals surface area contributed by atoms with Gasteiger partial charge < -0.3 is 19.1 Å². The molecule has 0 saturated carbocycles. The van der Waals surface area contributed by atoms with E-state index in [1.165, 1.54) is 47.4 Å². The number of hydrazone groups is 1. The third kappa shape index (κ3) is 7.00. The normalized spacial score (nSPS) is 17.0. The molecule has 0 bridgehead atoms. The lowest BCUT2D eigenvalue weighted by atomic mass is 9.97. The number of halogens is 2. The molecule has 0 radical (unpaired) electrons. The summed E-state index contributed by atoms with van der Waals surface area (Å²) in [4.78, 5) is 31.1. The van der Waals surface area contributed by atoms with Crippen molar-refractivity contribution in [2.45, 2.75) is 12.5 Å². The van der Waals surface area contributed by atoms with Gasteiger partial charge in [0.15, 0.2) is 0 Å². The lowest BCUT2D eigenvalue weighted by molar-refractivity contribution is -0.133. The molecule has 226 valence electrons. The van der Waals surface area contributed by atoms with E-state index in [9.17, 15) is 18.4 Å². The summed E-state index contributed by atoms with van der Waals surface area (Å²) >= 11 is 0. The third-order valence-corrected chi connectivity index (χ3v) is 7.65. The lowest BCUT2D eigenvalue weighted by Gasteiger charge is -2.31. The molecule has 1 atom stereocenters. The molecule has 43 heavy (non-hydrogen) atoms. The lowest BCUT2D eigenvalue weighted by Crippen LogP contribution is -2.46. The summed E-state index contributed by atoms with van der Waals surface area (Å²) in [6.07, 6.45) is 0.328. The molecule has 1 saturated heterocycles. The van der Waals surface area contributed by atoms with E-state index >= 15 is 0 Å². The van der Waals surface area contributed by atoms with Crippen LogP contribution in [0.1, 0.15) is 33.9 Å². The number of amides is 2. The Balaban J connectivity index is 1.45. The van der Waals surface area contributed by atoms with Gasteiger partial charge in [-0.1, -0.05) is 24.3 Å². The van der Waals surface area contributed by atoms with Crippen molar-refractivity contribution < 1.29 is 32.6 Å². The van der Waals surface area contributed by atoms with Crippen molar-refractivity contribution in [1.29, 1.82) is 0 Å². The van der Waals surface area contributed by atoms with Crippen LogP contribution in [0.2, 0.25) is 0 Å². The highest BCUT2D eigenvalue weighted by Crippen LogP contribution is 2.36. The highest BCUT2D eigenvalue weighted by molar-refractivity contribution is 6.05. The number of carbonyl (C=O) groups excluding carboxylic acids is 2. The van der Waals surface area contributed by atoms with E-state index < -0.39 is 29.5 Å². The molecule has 3 aromatic rings. The van der Waals surface area contributed by atoms with Gasteiger partial charge in [-0.05, 0) is 42.0 Å². The fourth-order valence-corrected chi connectivity index (χ4v) is 5.26. The average molecular weight is 593 g/mol. The molecule has 2 aliphatic heterocycles. The number of hydrogen-bond donors (Lipinski definition) is 0. The van der Waals surface area contributed by atoms with Gasteiger partial charge in [0.1, 0.15) is 29.7 Å². The van der Waals surface area contributed by atoms with Crippen LogP contribution in [0.15, 0.2) is 71.8 Å². The zero-order valence-electron chi connectivity index (χ0n) is 24.2. The van der Waals surface area contributed by atoms with Crippen LogP contribution in [0.3, 0.4) is 0 Å². The van der Waals surface area contributed by atoms with Crippen LogP contribution in [0.4, 0.5) is 8.78 Å². The van der Waals surface area contributed by atoms with Gasteiger partial charge in [-0.15, -0.1) is 0 Å². The molecular weight excluding hydrogens is 558 g/mol. The third-order valence-electron chi connectivity index (χ3n) is 7.65. The van der Waals surface area contributed by atoms with Crippen LogP contribution < -0.4 is 9.47 Å². The number of ether oxygens (including phenoxy) is 3. The van der Waals surface area contributed by atoms with Crippen LogP contribution in [0, 0.1) is 11.6 Å². The Labute approximate surface area is 249 Å². The summed E-state index contributed by atoms with van der Waals surface area (Å²) in [6.45, 7) is 2.94. The fraction of sp³-hybridized carbons (Fsp3) is 0.344. The standard InChI is InChI=1S/C32H34F2N4O5/c1-41-24-11-12-26(30(19-24)42-2)28-20-29(22-7-9-23(33)10-8-22)38(35-28)31(39)21-37(14-13-36-15-17-43-18-16-36)32(40)25-5-3-4-6-27(25)34/h3-12,19,29H,13-18,20-21H2,1-2H3/t29-/m1/s1. The van der Waals surface area contributed by atoms with Crippen LogP contribution in [0.25, 0.3) is 0 Å². The van der Waals surface area contributed by atoms with Crippen LogP contribution in [0.5, 0.6) is 11.5 Å². The zero-order valence-corrected chi connectivity index (χ0v) is 24.2. The van der Waals surface area contributed by atoms with Gasteiger partial charge in [-0.3, -0.25) is 14.5 Å². The first-order valence-electron chi connectivity index (χ1n) is 14.1. The number of benzene rings is 3. The summed E-state index contributed by atoms with van der Waals surface area (Å²) in [7, 11) is 3.09. The van der Waals surface area contributed by atoms with Crippen molar-refractivity contribution in [2.75, 3.05) is 60.2 Å². The Morgan fingerprint density at radius 1 is 1.00 bits per heavy atom. The number of hydrogen-bond acceptors (Lipinski definition) is 7. The maximum absolute atomic E-state index is 14.7. The second-order valence-corrected chi connectivity index (χ2v) is 10.3. The van der Waals surface area contributed by atoms with E-state index in [4.69, 9.17) is 19.3 Å². The number of rotatable bonds is 10. The van der Waals surface area contributed by atoms with Crippen molar-refractivity contribution in [3.63, 3.8) is 0 Å². The Morgan fingerprint density at radius 2 is 1.74 bits per heavy atom. The van der Waals surface area contributed by atoms with Crippen molar-refractivity contribution in [2.24, 2.45) is 5.10 Å². The largest absolute Gasteiger partial charge is 0.497 e. The van der Waals surface area contributed by atoms with Gasteiger partial charge in [0.2, 0.25) is 0 Å². The summed E-state index contributed by atoms with van der Waals surface area (Å²) in [5.74, 6) is -0.977. The molecule has 0 unspecified atom stereocenters. The monoisotopic (exact) mass is 592 g/mol. The van der Waals surface area contributed by atoms with Crippen molar-refractivity contribution >= 4 is 17.5 Å². The number of nitrogens with zero attached hydrogens (tertiary/aromatic N) is 4. The number of methoxy groups -OCH3 is 2. The van der Waals surface area contributed by atoms with Crippen molar-refractivity contribution in [1.82, 2.24) is 14.8 Å². The Hall–Kier alpha value is -4.35. The first-order chi connectivity index (χ1) is 20.9. The molecule has 0 spiro atoms. The second-order valence-electron chi connectivity index (χ2n) is 10.3. The van der Waals surface area contributed by atoms with E-state index in [1.54, 1.807) is 37.4 Å². The quantitative estimate of drug-likeness (QED) is 0.352. The minimum atomic E-state index is -0.659. The average Bonchev–Trinajstić information content (AvgIpc) is 3.49. The molecular formula is C32H34F2N4O5. The van der Waals surface area contributed by atoms with E-state index in [2.05, 4.69) is 4.90 Å². The Bertz CT molecular complexity index is 1480. The van der Waals surface area contributed by atoms with E-state index in [0.29, 0.717) is 67.6 Å². The predicted molar refractivity (Wildman–Crippen MR) is 156 cm³/mol. The predicted octanol–water partition coefficient (Wildman–Crippen LogP) is 4.13. The molecule has 11 heteroatoms. The highest BCUT2D eigenvalue weighted by Gasteiger charge is 2.36. The summed E-state index contributed by atoms with van der Waals surface area (Å²) in [6, 6.07) is 16.4. The molecule has 0 aromatic heterocycles. The van der Waals surface area contributed by atoms with Gasteiger partial charge in [-0.2, -0.15) is 5.10 Å². The molecule has 3 aromatic carbocycles. The molecule has 9 nitrogen and oxygen atoms in total. The molecule has 1 fully saturated rings. The van der Waals surface area contributed by atoms with Gasteiger partial charge in [0, 0.05) is 44.2 Å². The maximum Gasteiger partial charge on any atom is 0.262 e. The van der Waals surface area contributed by atoms with Crippen LogP contribution in [-0.2, 0) is 9.53 Å². The highest BCUT2D eigenvalue weighted by atomic mass is 19.1. The molecule has 0 aliphatic carbocycles. The van der Waals surface area contributed by atoms with Crippen molar-refractivity contribution in [3.05, 3.63) is 95.1 Å². The van der Waals surface area contributed by atoms with Gasteiger partial charge in [0.05, 0.1) is 44.8 Å². The SMILES string of the molecule is COc1ccc(C2=NN(C(=O)CN(CCN3CCOCC3)C(=O)c3ccccc3F)[C@@H](c3ccc(F)cc3)C2)c(OC)c1. The van der Waals surface area contributed by atoms with Crippen molar-refractivity contribution in [3.8, 4) is 11.5 Å². The van der Waals surface area contributed by atoms with E-state index in [1.807, 2.05) is 6.07 Å². The van der Waals surface area contributed by atoms with Crippen LogP contribution >= 0.6 is 0 Å². The first-order valence-corrected chi connectivity index (χ1v) is 14.1. The smallest absolute Gasteiger partial charge is 0.262 e. The number of carbonyl (C=O) groups is 2. The summed E-state index contributed by atoms with van der Waals surface area (Å²) in [5.41, 5.74) is 1.84. The topological polar surface area (TPSA) is 83.9 Å². The summed E-state index contributed by atoms with van der Waals surface area (Å²) < 4.78 is 44.8. The van der Waals surface area contributed by atoms with Crippen LogP contribution in [-0.4, -0.2) is 92.5 Å². The fourth-order valence-electron chi connectivity index (χ4n) is 5.26. The number of morpholine rings is 1. The Kier molecular flexibility index (Phi) is 9.63. The molecule has 5 rings (SSSR count). The zero-order chi connectivity index (χ0) is 30.3. The minimum Gasteiger partial charge on any atom is -0.497 e. The molecule has 2 heterocycles. The molecule has 2 aliphatic rings. The Morgan fingerprint density at radius 3 is 2.44 bits per heavy atom. The van der Waals surface area contributed by atoms with Gasteiger partial charge in [-0.25, -0.2) is 13.8 Å².